The molecule has 1 amide bonds. The minimum Gasteiger partial charge on any atom is -0.397 e. The van der Waals surface area contributed by atoms with E-state index in [2.05, 4.69) is 10.3 Å². The average Bonchev–Trinajstić information content (AvgIpc) is 2.93. The van der Waals surface area contributed by atoms with Gasteiger partial charge in [-0.25, -0.2) is 0 Å². The third-order valence-corrected chi connectivity index (χ3v) is 4.39. The van der Waals surface area contributed by atoms with Gasteiger partial charge in [-0.1, -0.05) is 25.0 Å². The number of para-hydroxylation sites is 1. The fourth-order valence-corrected chi connectivity index (χ4v) is 3.16. The van der Waals surface area contributed by atoms with E-state index in [1.54, 1.807) is 0 Å². The van der Waals surface area contributed by atoms with E-state index in [0.29, 0.717) is 11.4 Å². The summed E-state index contributed by atoms with van der Waals surface area (Å²) in [5.41, 5.74) is 7.85. The molecule has 0 spiro atoms. The summed E-state index contributed by atoms with van der Waals surface area (Å²) in [6, 6.07) is 7.48. The molecule has 0 saturated heterocycles. The quantitative estimate of drug-likeness (QED) is 0.651. The number of aliphatic hydroxyl groups is 1. The van der Waals surface area contributed by atoms with E-state index in [4.69, 9.17) is 5.73 Å². The molecule has 3 rings (SSSR count). The minimum atomic E-state index is -0.129. The van der Waals surface area contributed by atoms with Crippen LogP contribution in [-0.2, 0) is 0 Å². The van der Waals surface area contributed by atoms with E-state index in [1.165, 1.54) is 0 Å². The molecule has 1 heterocycles. The monoisotopic (exact) mass is 287 g/mol. The molecule has 0 bridgehead atoms. The lowest BCUT2D eigenvalue weighted by atomic mass is 9.85. The number of rotatable bonds is 3. The summed E-state index contributed by atoms with van der Waals surface area (Å²) < 4.78 is 0. The first-order chi connectivity index (χ1) is 10.2. The Hall–Kier alpha value is -2.01. The highest BCUT2D eigenvalue weighted by atomic mass is 16.3. The highest BCUT2D eigenvalue weighted by molar-refractivity contribution is 6.00. The van der Waals surface area contributed by atoms with Gasteiger partial charge in [0.05, 0.1) is 11.2 Å². The predicted molar refractivity (Wildman–Crippen MR) is 83.0 cm³/mol. The Balaban J connectivity index is 1.78. The van der Waals surface area contributed by atoms with Crippen molar-refractivity contribution < 1.29 is 9.90 Å². The fraction of sp³-hybridized carbons (Fsp3) is 0.438. The minimum absolute atomic E-state index is 0.0556. The Morgan fingerprint density at radius 3 is 2.95 bits per heavy atom. The average molecular weight is 287 g/mol. The molecule has 112 valence electrons. The van der Waals surface area contributed by atoms with Gasteiger partial charge in [0.1, 0.15) is 5.69 Å². The van der Waals surface area contributed by atoms with E-state index in [0.717, 1.165) is 36.6 Å². The molecular formula is C16H21N3O2. The maximum atomic E-state index is 12.4. The molecule has 0 radical (unpaired) electrons. The second kappa shape index (κ2) is 5.77. The summed E-state index contributed by atoms with van der Waals surface area (Å²) in [5, 5.41) is 13.4. The van der Waals surface area contributed by atoms with Crippen LogP contribution in [0.2, 0.25) is 0 Å². The summed E-state index contributed by atoms with van der Waals surface area (Å²) in [4.78, 5) is 15.5. The molecule has 1 aliphatic rings. The summed E-state index contributed by atoms with van der Waals surface area (Å²) in [6.45, 7) is 0.130. The van der Waals surface area contributed by atoms with Crippen molar-refractivity contribution in [2.75, 3.05) is 12.3 Å². The number of aromatic amines is 1. The van der Waals surface area contributed by atoms with E-state index in [9.17, 15) is 9.90 Å². The van der Waals surface area contributed by atoms with Gasteiger partial charge >= 0.3 is 0 Å². The van der Waals surface area contributed by atoms with E-state index >= 15 is 0 Å². The van der Waals surface area contributed by atoms with Crippen molar-refractivity contribution >= 4 is 22.5 Å². The number of nitrogens with one attached hydrogen (secondary N) is 2. The lowest BCUT2D eigenvalue weighted by Crippen LogP contribution is -2.43. The van der Waals surface area contributed by atoms with Crippen LogP contribution >= 0.6 is 0 Å². The van der Waals surface area contributed by atoms with E-state index in [-0.39, 0.29) is 24.5 Å². The number of hydrogen-bond donors (Lipinski definition) is 4. The smallest absolute Gasteiger partial charge is 0.267 e. The molecule has 2 atom stereocenters. The number of nitrogen functional groups attached to an aromatic ring is 1. The number of carbonyl (C=O) groups excluding carboxylic acids is 1. The molecule has 1 aromatic carbocycles. The topological polar surface area (TPSA) is 91.1 Å². The highest BCUT2D eigenvalue weighted by Crippen LogP contribution is 2.25. The van der Waals surface area contributed by atoms with Crippen molar-refractivity contribution in [3.8, 4) is 0 Å². The number of amides is 1. The third-order valence-electron chi connectivity index (χ3n) is 4.39. The molecule has 1 aromatic heterocycles. The first-order valence-corrected chi connectivity index (χ1v) is 7.48. The molecule has 1 saturated carbocycles. The van der Waals surface area contributed by atoms with Crippen LogP contribution in [0.5, 0.6) is 0 Å². The van der Waals surface area contributed by atoms with Crippen LogP contribution in [-0.4, -0.2) is 28.6 Å². The van der Waals surface area contributed by atoms with Crippen molar-refractivity contribution in [3.63, 3.8) is 0 Å². The number of aliphatic hydroxyl groups excluding tert-OH is 1. The summed E-state index contributed by atoms with van der Waals surface area (Å²) in [6.07, 6.45) is 4.13. The van der Waals surface area contributed by atoms with Crippen molar-refractivity contribution in [1.29, 1.82) is 0 Å². The summed E-state index contributed by atoms with van der Waals surface area (Å²) >= 11 is 0. The van der Waals surface area contributed by atoms with Gasteiger partial charge in [0.25, 0.3) is 5.91 Å². The molecule has 1 fully saturated rings. The lowest BCUT2D eigenvalue weighted by Gasteiger charge is -2.30. The van der Waals surface area contributed by atoms with Gasteiger partial charge in [-0.15, -0.1) is 0 Å². The fourth-order valence-electron chi connectivity index (χ4n) is 3.16. The van der Waals surface area contributed by atoms with Gasteiger partial charge < -0.3 is 21.1 Å². The molecule has 0 aliphatic heterocycles. The molecule has 2 unspecified atom stereocenters. The Morgan fingerprint density at radius 1 is 1.38 bits per heavy atom. The van der Waals surface area contributed by atoms with Crippen LogP contribution in [0, 0.1) is 5.92 Å². The van der Waals surface area contributed by atoms with Crippen LogP contribution in [0.25, 0.3) is 10.9 Å². The van der Waals surface area contributed by atoms with Crippen LogP contribution in [0.15, 0.2) is 24.3 Å². The van der Waals surface area contributed by atoms with Crippen molar-refractivity contribution in [3.05, 3.63) is 30.0 Å². The van der Waals surface area contributed by atoms with Crippen LogP contribution < -0.4 is 11.1 Å². The number of anilines is 1. The standard InChI is InChI=1S/C16H21N3O2/c17-12-6-3-5-10-8-14(18-15(10)12)16(21)19-13-7-2-1-4-11(13)9-20/h3,5-6,8,11,13,18,20H,1-2,4,7,9,17H2,(H,19,21). The maximum absolute atomic E-state index is 12.4. The summed E-state index contributed by atoms with van der Waals surface area (Å²) in [5.74, 6) is 0.0353. The number of carbonyl (C=O) groups is 1. The van der Waals surface area contributed by atoms with Gasteiger partial charge in [-0.3, -0.25) is 4.79 Å². The molecule has 21 heavy (non-hydrogen) atoms. The molecule has 5 N–H and O–H groups in total. The van der Waals surface area contributed by atoms with Gasteiger partial charge in [0.15, 0.2) is 0 Å². The Labute approximate surface area is 123 Å². The number of H-pyrrole nitrogens is 1. The first kappa shape index (κ1) is 13.9. The lowest BCUT2D eigenvalue weighted by molar-refractivity contribution is 0.0868. The Morgan fingerprint density at radius 2 is 2.19 bits per heavy atom. The van der Waals surface area contributed by atoms with Gasteiger partial charge in [0, 0.05) is 24.0 Å². The van der Waals surface area contributed by atoms with Crippen molar-refractivity contribution in [2.24, 2.45) is 5.92 Å². The number of benzene rings is 1. The molecule has 1 aliphatic carbocycles. The second-order valence-electron chi connectivity index (χ2n) is 5.80. The zero-order chi connectivity index (χ0) is 14.8. The molecule has 5 nitrogen and oxygen atoms in total. The second-order valence-corrected chi connectivity index (χ2v) is 5.80. The summed E-state index contributed by atoms with van der Waals surface area (Å²) in [7, 11) is 0. The largest absolute Gasteiger partial charge is 0.397 e. The normalized spacial score (nSPS) is 22.3. The van der Waals surface area contributed by atoms with Crippen LogP contribution in [0.4, 0.5) is 5.69 Å². The van der Waals surface area contributed by atoms with Crippen molar-refractivity contribution in [1.82, 2.24) is 10.3 Å². The van der Waals surface area contributed by atoms with Crippen LogP contribution in [0.3, 0.4) is 0 Å². The van der Waals surface area contributed by atoms with Gasteiger partial charge in [-0.2, -0.15) is 0 Å². The molecular weight excluding hydrogens is 266 g/mol. The van der Waals surface area contributed by atoms with Gasteiger partial charge in [0.2, 0.25) is 0 Å². The Bertz CT molecular complexity index is 650. The molecule has 5 heteroatoms. The Kier molecular flexibility index (Phi) is 3.84. The maximum Gasteiger partial charge on any atom is 0.267 e. The van der Waals surface area contributed by atoms with E-state index in [1.807, 2.05) is 24.3 Å². The highest BCUT2D eigenvalue weighted by Gasteiger charge is 2.26. The SMILES string of the molecule is Nc1cccc2cc(C(=O)NC3CCCCC3CO)[nH]c12. The van der Waals surface area contributed by atoms with Gasteiger partial charge in [-0.05, 0) is 25.0 Å². The van der Waals surface area contributed by atoms with E-state index < -0.39 is 0 Å². The zero-order valence-corrected chi connectivity index (χ0v) is 11.9. The number of nitrogens with two attached hydrogens (primary N) is 1. The number of aromatic nitrogens is 1. The first-order valence-electron chi connectivity index (χ1n) is 7.48. The number of fused-ring (bicyclic) bond motifs is 1. The predicted octanol–water partition coefficient (Wildman–Crippen LogP) is 2.03. The molecule has 2 aromatic rings. The zero-order valence-electron chi connectivity index (χ0n) is 11.9. The number of hydrogen-bond acceptors (Lipinski definition) is 3. The third kappa shape index (κ3) is 2.74. The van der Waals surface area contributed by atoms with Crippen molar-refractivity contribution in [2.45, 2.75) is 31.7 Å². The van der Waals surface area contributed by atoms with Crippen LogP contribution in [0.1, 0.15) is 36.2 Å².